The van der Waals surface area contributed by atoms with Gasteiger partial charge in [-0.15, -0.1) is 11.3 Å². The number of amides is 1. The van der Waals surface area contributed by atoms with Crippen LogP contribution in [0.25, 0.3) is 0 Å². The van der Waals surface area contributed by atoms with E-state index in [9.17, 15) is 13.2 Å². The third kappa shape index (κ3) is 7.04. The first-order valence-corrected chi connectivity index (χ1v) is 12.3. The molecule has 0 aliphatic carbocycles. The van der Waals surface area contributed by atoms with Gasteiger partial charge >= 0.3 is 10.3 Å². The molecule has 0 fully saturated rings. The van der Waals surface area contributed by atoms with Crippen LogP contribution < -0.4 is 19.4 Å². The summed E-state index contributed by atoms with van der Waals surface area (Å²) in [5.41, 5.74) is 2.69. The smallest absolute Gasteiger partial charge is 0.380 e. The maximum atomic E-state index is 12.8. The summed E-state index contributed by atoms with van der Waals surface area (Å²) in [5, 5.41) is 10.8. The van der Waals surface area contributed by atoms with E-state index in [-0.39, 0.29) is 24.1 Å². The van der Waals surface area contributed by atoms with Crippen LogP contribution >= 0.6 is 11.3 Å². The maximum Gasteiger partial charge on any atom is 0.380 e. The van der Waals surface area contributed by atoms with Crippen LogP contribution in [0.4, 0.5) is 0 Å². The summed E-state index contributed by atoms with van der Waals surface area (Å²) >= 11 is 1.50. The molecule has 0 bridgehead atoms. The molecule has 32 heavy (non-hydrogen) atoms. The second kappa shape index (κ2) is 10.6. The molecule has 0 saturated heterocycles. The second-order valence-corrected chi connectivity index (χ2v) is 9.15. The number of carbonyl (C=O) groups is 1. The molecule has 3 N–H and O–H groups in total. The molecule has 0 spiro atoms. The third-order valence-electron chi connectivity index (χ3n) is 4.64. The number of thiazole rings is 1. The van der Waals surface area contributed by atoms with Gasteiger partial charge in [0.1, 0.15) is 16.5 Å². The van der Waals surface area contributed by atoms with Crippen molar-refractivity contribution in [2.45, 2.75) is 32.2 Å². The van der Waals surface area contributed by atoms with Gasteiger partial charge < -0.3 is 14.2 Å². The summed E-state index contributed by atoms with van der Waals surface area (Å²) in [6.07, 6.45) is 1.50. The Labute approximate surface area is 191 Å². The number of rotatable bonds is 10. The highest BCUT2D eigenvalue weighted by Gasteiger charge is 2.19. The average molecular weight is 476 g/mol. The Bertz CT molecular complexity index is 1160. The van der Waals surface area contributed by atoms with E-state index in [4.69, 9.17) is 9.88 Å². The van der Waals surface area contributed by atoms with Crippen molar-refractivity contribution in [1.82, 2.24) is 10.3 Å². The lowest BCUT2D eigenvalue weighted by Gasteiger charge is -2.17. The SMILES string of the molecule is CCc1csc([C@H](Cc2ccc(OS(N)(=O)=O)cc2)NC(=O)Cc2cccc(OC)c2)n1. The molecule has 170 valence electrons. The minimum absolute atomic E-state index is 0.123. The zero-order valence-electron chi connectivity index (χ0n) is 17.8. The van der Waals surface area contributed by atoms with Crippen LogP contribution in [-0.4, -0.2) is 26.4 Å². The van der Waals surface area contributed by atoms with Gasteiger partial charge in [0.2, 0.25) is 5.91 Å². The fourth-order valence-electron chi connectivity index (χ4n) is 3.11. The molecule has 1 heterocycles. The van der Waals surface area contributed by atoms with Gasteiger partial charge in [-0.2, -0.15) is 13.6 Å². The van der Waals surface area contributed by atoms with Gasteiger partial charge in [0.25, 0.3) is 0 Å². The fraction of sp³-hybridized carbons (Fsp3) is 0.273. The highest BCUT2D eigenvalue weighted by Crippen LogP contribution is 2.24. The van der Waals surface area contributed by atoms with E-state index in [1.54, 1.807) is 19.2 Å². The predicted octanol–water partition coefficient (Wildman–Crippen LogP) is 2.94. The molecule has 2 aromatic carbocycles. The molecule has 0 aliphatic rings. The van der Waals surface area contributed by atoms with Gasteiger partial charge in [0, 0.05) is 5.38 Å². The largest absolute Gasteiger partial charge is 0.497 e. The quantitative estimate of drug-likeness (QED) is 0.465. The third-order valence-corrected chi connectivity index (χ3v) is 6.07. The van der Waals surface area contributed by atoms with Crippen LogP contribution in [0.3, 0.4) is 0 Å². The molecule has 10 heteroatoms. The van der Waals surface area contributed by atoms with E-state index in [0.717, 1.165) is 28.2 Å². The van der Waals surface area contributed by atoms with Crippen LogP contribution in [-0.2, 0) is 34.4 Å². The number of benzene rings is 2. The Morgan fingerprint density at radius 3 is 2.53 bits per heavy atom. The van der Waals surface area contributed by atoms with Crippen LogP contribution in [0, 0.1) is 0 Å². The van der Waals surface area contributed by atoms with E-state index in [0.29, 0.717) is 12.2 Å². The summed E-state index contributed by atoms with van der Waals surface area (Å²) in [6, 6.07) is 13.6. The Morgan fingerprint density at radius 2 is 1.91 bits per heavy atom. The minimum Gasteiger partial charge on any atom is -0.497 e. The van der Waals surface area contributed by atoms with Crippen molar-refractivity contribution in [3.05, 3.63) is 75.7 Å². The Hall–Kier alpha value is -2.95. The van der Waals surface area contributed by atoms with Crippen molar-refractivity contribution in [3.8, 4) is 11.5 Å². The van der Waals surface area contributed by atoms with Gasteiger partial charge in [-0.3, -0.25) is 4.79 Å². The molecule has 1 amide bonds. The monoisotopic (exact) mass is 475 g/mol. The molecule has 8 nitrogen and oxygen atoms in total. The number of carbonyl (C=O) groups excluding carboxylic acids is 1. The average Bonchev–Trinajstić information content (AvgIpc) is 3.23. The van der Waals surface area contributed by atoms with E-state index < -0.39 is 10.3 Å². The lowest BCUT2D eigenvalue weighted by atomic mass is 10.1. The first kappa shape index (κ1) is 23.7. The lowest BCUT2D eigenvalue weighted by Crippen LogP contribution is -2.31. The van der Waals surface area contributed by atoms with Gasteiger partial charge in [-0.1, -0.05) is 31.2 Å². The second-order valence-electron chi connectivity index (χ2n) is 7.10. The van der Waals surface area contributed by atoms with Crippen LogP contribution in [0.5, 0.6) is 11.5 Å². The Morgan fingerprint density at radius 1 is 1.16 bits per heavy atom. The summed E-state index contributed by atoms with van der Waals surface area (Å²) in [4.78, 5) is 17.4. The highest BCUT2D eigenvalue weighted by molar-refractivity contribution is 7.84. The highest BCUT2D eigenvalue weighted by atomic mass is 32.2. The van der Waals surface area contributed by atoms with Crippen molar-refractivity contribution >= 4 is 27.5 Å². The van der Waals surface area contributed by atoms with Crippen molar-refractivity contribution < 1.29 is 22.1 Å². The molecule has 0 aliphatic heterocycles. The molecule has 0 saturated carbocycles. The summed E-state index contributed by atoms with van der Waals surface area (Å²) in [7, 11) is -2.50. The number of hydrogen-bond acceptors (Lipinski definition) is 7. The summed E-state index contributed by atoms with van der Waals surface area (Å²) in [6.45, 7) is 2.03. The minimum atomic E-state index is -4.08. The predicted molar refractivity (Wildman–Crippen MR) is 123 cm³/mol. The van der Waals surface area contributed by atoms with Crippen molar-refractivity contribution in [2.24, 2.45) is 5.14 Å². The number of nitrogens with one attached hydrogen (secondary N) is 1. The maximum absolute atomic E-state index is 12.8. The summed E-state index contributed by atoms with van der Waals surface area (Å²) in [5.74, 6) is 0.684. The Kier molecular flexibility index (Phi) is 7.84. The van der Waals surface area contributed by atoms with Gasteiger partial charge in [-0.05, 0) is 48.2 Å². The number of hydrogen-bond donors (Lipinski definition) is 2. The standard InChI is InChI=1S/C22H25N3O5S2/c1-3-17-14-31-22(24-17)20(12-15-7-9-18(10-8-15)30-32(23,27)28)25-21(26)13-16-5-4-6-19(11-16)29-2/h4-11,14,20H,3,12-13H2,1-2H3,(H,25,26)(H2,23,27,28)/t20-/m0/s1. The van der Waals surface area contributed by atoms with Crippen LogP contribution in [0.15, 0.2) is 53.9 Å². The lowest BCUT2D eigenvalue weighted by molar-refractivity contribution is -0.121. The number of aromatic nitrogens is 1. The van der Waals surface area contributed by atoms with Crippen molar-refractivity contribution in [2.75, 3.05) is 7.11 Å². The van der Waals surface area contributed by atoms with Crippen LogP contribution in [0.2, 0.25) is 0 Å². The van der Waals surface area contributed by atoms with Gasteiger partial charge in [0.15, 0.2) is 0 Å². The molecule has 0 unspecified atom stereocenters. The number of ether oxygens (including phenoxy) is 1. The van der Waals surface area contributed by atoms with E-state index in [1.165, 1.54) is 23.5 Å². The molecule has 1 atom stereocenters. The first-order chi connectivity index (χ1) is 15.3. The van der Waals surface area contributed by atoms with Crippen LogP contribution in [0.1, 0.15) is 34.8 Å². The van der Waals surface area contributed by atoms with Gasteiger partial charge in [-0.25, -0.2) is 4.98 Å². The number of aryl methyl sites for hydroxylation is 1. The van der Waals surface area contributed by atoms with Crippen molar-refractivity contribution in [1.29, 1.82) is 0 Å². The summed E-state index contributed by atoms with van der Waals surface area (Å²) < 4.78 is 32.1. The molecule has 0 radical (unpaired) electrons. The normalized spacial score (nSPS) is 12.2. The fourth-order valence-corrected chi connectivity index (χ4v) is 4.44. The molecular weight excluding hydrogens is 450 g/mol. The molecule has 1 aromatic heterocycles. The van der Waals surface area contributed by atoms with E-state index in [2.05, 4.69) is 14.5 Å². The zero-order chi connectivity index (χ0) is 23.1. The molecular formula is C22H25N3O5S2. The number of nitrogens with zero attached hydrogens (tertiary/aromatic N) is 1. The first-order valence-electron chi connectivity index (χ1n) is 9.93. The molecule has 3 aromatic rings. The van der Waals surface area contributed by atoms with Crippen molar-refractivity contribution in [3.63, 3.8) is 0 Å². The van der Waals surface area contributed by atoms with E-state index in [1.807, 2.05) is 36.6 Å². The number of nitrogens with two attached hydrogens (primary N) is 1. The topological polar surface area (TPSA) is 121 Å². The Balaban J connectivity index is 1.75. The molecule has 3 rings (SSSR count). The number of methoxy groups -OCH3 is 1. The van der Waals surface area contributed by atoms with Gasteiger partial charge in [0.05, 0.1) is 25.3 Å². The zero-order valence-corrected chi connectivity index (χ0v) is 19.4. The van der Waals surface area contributed by atoms with E-state index >= 15 is 0 Å².